The Kier molecular flexibility index (Phi) is 3.74. The van der Waals surface area contributed by atoms with E-state index in [4.69, 9.17) is 0 Å². The van der Waals surface area contributed by atoms with Gasteiger partial charge in [-0.05, 0) is 50.3 Å². The van der Waals surface area contributed by atoms with Gasteiger partial charge in [0.2, 0.25) is 5.91 Å². The van der Waals surface area contributed by atoms with Crippen LogP contribution in [0.15, 0.2) is 24.5 Å². The SMILES string of the molecule is CNC1C(=O)N(c2cccnc2)C2CCCC2CC1C. The van der Waals surface area contributed by atoms with Crippen molar-refractivity contribution in [1.29, 1.82) is 0 Å². The van der Waals surface area contributed by atoms with E-state index in [2.05, 4.69) is 17.2 Å². The standard InChI is InChI=1S/C16H23N3O/c1-11-9-12-5-3-7-14(12)19(16(20)15(11)17-2)13-6-4-8-18-10-13/h4,6,8,10-12,14-15,17H,3,5,7,9H2,1-2H3. The van der Waals surface area contributed by atoms with E-state index in [1.807, 2.05) is 30.3 Å². The van der Waals surface area contributed by atoms with Crippen LogP contribution in [0.5, 0.6) is 0 Å². The quantitative estimate of drug-likeness (QED) is 0.898. The summed E-state index contributed by atoms with van der Waals surface area (Å²) in [6.07, 6.45) is 8.31. The van der Waals surface area contributed by atoms with E-state index in [0.717, 1.165) is 18.5 Å². The number of anilines is 1. The van der Waals surface area contributed by atoms with E-state index in [1.165, 1.54) is 12.8 Å². The maximum absolute atomic E-state index is 13.0. The summed E-state index contributed by atoms with van der Waals surface area (Å²) in [6, 6.07) is 4.19. The molecule has 4 atom stereocenters. The third-order valence-electron chi connectivity index (χ3n) is 4.93. The molecule has 2 fully saturated rings. The fraction of sp³-hybridized carbons (Fsp3) is 0.625. The lowest BCUT2D eigenvalue weighted by Crippen LogP contribution is -2.50. The van der Waals surface area contributed by atoms with Gasteiger partial charge < -0.3 is 10.2 Å². The maximum Gasteiger partial charge on any atom is 0.244 e. The average molecular weight is 273 g/mol. The third kappa shape index (κ3) is 2.22. The van der Waals surface area contributed by atoms with Crippen LogP contribution in [-0.4, -0.2) is 30.0 Å². The molecule has 0 spiro atoms. The zero-order valence-electron chi connectivity index (χ0n) is 12.2. The van der Waals surface area contributed by atoms with E-state index >= 15 is 0 Å². The molecule has 1 saturated heterocycles. The minimum atomic E-state index is -0.0826. The van der Waals surface area contributed by atoms with Crippen molar-refractivity contribution in [3.63, 3.8) is 0 Å². The first-order valence-corrected chi connectivity index (χ1v) is 7.62. The highest BCUT2D eigenvalue weighted by atomic mass is 16.2. The van der Waals surface area contributed by atoms with Crippen molar-refractivity contribution in [2.75, 3.05) is 11.9 Å². The van der Waals surface area contributed by atoms with Gasteiger partial charge in [-0.15, -0.1) is 0 Å². The molecular weight excluding hydrogens is 250 g/mol. The van der Waals surface area contributed by atoms with Gasteiger partial charge in [-0.3, -0.25) is 9.78 Å². The molecule has 1 aliphatic carbocycles. The smallest absolute Gasteiger partial charge is 0.244 e. The first kappa shape index (κ1) is 13.6. The van der Waals surface area contributed by atoms with Gasteiger partial charge >= 0.3 is 0 Å². The second-order valence-electron chi connectivity index (χ2n) is 6.16. The highest BCUT2D eigenvalue weighted by Gasteiger charge is 2.43. The van der Waals surface area contributed by atoms with Gasteiger partial charge in [-0.1, -0.05) is 13.3 Å². The molecule has 1 saturated carbocycles. The summed E-state index contributed by atoms with van der Waals surface area (Å²) in [5.74, 6) is 1.23. The van der Waals surface area contributed by atoms with Crippen molar-refractivity contribution in [2.45, 2.75) is 44.7 Å². The maximum atomic E-state index is 13.0. The molecule has 108 valence electrons. The van der Waals surface area contributed by atoms with Crippen molar-refractivity contribution < 1.29 is 4.79 Å². The van der Waals surface area contributed by atoms with Crippen LogP contribution in [-0.2, 0) is 4.79 Å². The summed E-state index contributed by atoms with van der Waals surface area (Å²) in [5.41, 5.74) is 0.948. The Morgan fingerprint density at radius 3 is 2.95 bits per heavy atom. The number of nitrogens with one attached hydrogen (secondary N) is 1. The number of aromatic nitrogens is 1. The van der Waals surface area contributed by atoms with E-state index < -0.39 is 0 Å². The van der Waals surface area contributed by atoms with Crippen LogP contribution in [0.2, 0.25) is 0 Å². The van der Waals surface area contributed by atoms with Crippen LogP contribution in [0.3, 0.4) is 0 Å². The van der Waals surface area contributed by atoms with Crippen LogP contribution in [0.1, 0.15) is 32.6 Å². The predicted molar refractivity (Wildman–Crippen MR) is 79.5 cm³/mol. The number of amides is 1. The zero-order valence-corrected chi connectivity index (χ0v) is 12.2. The summed E-state index contributed by atoms with van der Waals surface area (Å²) < 4.78 is 0. The summed E-state index contributed by atoms with van der Waals surface area (Å²) in [6.45, 7) is 2.20. The molecule has 3 rings (SSSR count). The lowest BCUT2D eigenvalue weighted by atomic mass is 9.90. The molecule has 0 radical (unpaired) electrons. The van der Waals surface area contributed by atoms with Crippen molar-refractivity contribution in [1.82, 2.24) is 10.3 Å². The summed E-state index contributed by atoms with van der Waals surface area (Å²) in [7, 11) is 1.89. The van der Waals surface area contributed by atoms with Gasteiger partial charge in [-0.2, -0.15) is 0 Å². The third-order valence-corrected chi connectivity index (χ3v) is 4.93. The Balaban J connectivity index is 2.00. The first-order chi connectivity index (χ1) is 9.72. The minimum absolute atomic E-state index is 0.0826. The fourth-order valence-corrected chi connectivity index (χ4v) is 4.03. The highest BCUT2D eigenvalue weighted by Crippen LogP contribution is 2.40. The summed E-state index contributed by atoms with van der Waals surface area (Å²) in [5, 5.41) is 3.22. The second-order valence-corrected chi connectivity index (χ2v) is 6.16. The summed E-state index contributed by atoms with van der Waals surface area (Å²) in [4.78, 5) is 19.2. The molecule has 0 bridgehead atoms. The van der Waals surface area contributed by atoms with Crippen LogP contribution in [0.4, 0.5) is 5.69 Å². The van der Waals surface area contributed by atoms with Gasteiger partial charge in [0, 0.05) is 12.2 Å². The Bertz CT molecular complexity index is 476. The van der Waals surface area contributed by atoms with Crippen molar-refractivity contribution in [2.24, 2.45) is 11.8 Å². The Hall–Kier alpha value is -1.42. The molecule has 1 aromatic heterocycles. The molecule has 1 amide bonds. The molecular formula is C16H23N3O. The van der Waals surface area contributed by atoms with E-state index in [0.29, 0.717) is 17.9 Å². The fourth-order valence-electron chi connectivity index (χ4n) is 4.03. The molecule has 4 nitrogen and oxygen atoms in total. The van der Waals surface area contributed by atoms with Crippen LogP contribution < -0.4 is 10.2 Å². The van der Waals surface area contributed by atoms with Crippen LogP contribution in [0, 0.1) is 11.8 Å². The molecule has 1 aromatic rings. The highest BCUT2D eigenvalue weighted by molar-refractivity contribution is 5.98. The molecule has 20 heavy (non-hydrogen) atoms. The lowest BCUT2D eigenvalue weighted by molar-refractivity contribution is -0.121. The van der Waals surface area contributed by atoms with E-state index in [1.54, 1.807) is 6.20 Å². The molecule has 4 heteroatoms. The van der Waals surface area contributed by atoms with Gasteiger partial charge in [-0.25, -0.2) is 0 Å². The van der Waals surface area contributed by atoms with Crippen molar-refractivity contribution >= 4 is 11.6 Å². The normalized spacial score (nSPS) is 33.9. The number of rotatable bonds is 2. The van der Waals surface area contributed by atoms with Crippen LogP contribution in [0.25, 0.3) is 0 Å². The second kappa shape index (κ2) is 5.52. The number of hydrogen-bond donors (Lipinski definition) is 1. The number of likely N-dealkylation sites (N-methyl/N-ethyl adjacent to an activating group) is 1. The van der Waals surface area contributed by atoms with Crippen LogP contribution >= 0.6 is 0 Å². The largest absolute Gasteiger partial charge is 0.309 e. The Labute approximate surface area is 120 Å². The van der Waals surface area contributed by atoms with Crippen molar-refractivity contribution in [3.8, 4) is 0 Å². The molecule has 0 aromatic carbocycles. The Morgan fingerprint density at radius 2 is 2.25 bits per heavy atom. The molecule has 1 aliphatic heterocycles. The average Bonchev–Trinajstić information content (AvgIpc) is 2.85. The van der Waals surface area contributed by atoms with E-state index in [-0.39, 0.29) is 11.9 Å². The molecule has 2 aliphatic rings. The van der Waals surface area contributed by atoms with Gasteiger partial charge in [0.1, 0.15) is 0 Å². The number of fused-ring (bicyclic) bond motifs is 1. The Morgan fingerprint density at radius 1 is 1.40 bits per heavy atom. The van der Waals surface area contributed by atoms with Crippen molar-refractivity contribution in [3.05, 3.63) is 24.5 Å². The number of carbonyl (C=O) groups is 1. The summed E-state index contributed by atoms with van der Waals surface area (Å²) >= 11 is 0. The van der Waals surface area contributed by atoms with Gasteiger partial charge in [0.25, 0.3) is 0 Å². The van der Waals surface area contributed by atoms with E-state index in [9.17, 15) is 4.79 Å². The lowest BCUT2D eigenvalue weighted by Gasteiger charge is -2.32. The number of carbonyl (C=O) groups excluding carboxylic acids is 1. The molecule has 2 heterocycles. The topological polar surface area (TPSA) is 45.2 Å². The number of nitrogens with zero attached hydrogens (tertiary/aromatic N) is 2. The monoisotopic (exact) mass is 273 g/mol. The number of pyridine rings is 1. The zero-order chi connectivity index (χ0) is 14.1. The number of hydrogen-bond acceptors (Lipinski definition) is 3. The predicted octanol–water partition coefficient (Wildman–Crippen LogP) is 2.21. The molecule has 4 unspecified atom stereocenters. The molecule has 1 N–H and O–H groups in total. The van der Waals surface area contributed by atoms with Gasteiger partial charge in [0.15, 0.2) is 0 Å². The first-order valence-electron chi connectivity index (χ1n) is 7.62. The van der Waals surface area contributed by atoms with Gasteiger partial charge in [0.05, 0.1) is 17.9 Å². The minimum Gasteiger partial charge on any atom is -0.309 e.